The molecule has 0 bridgehead atoms. The van der Waals surface area contributed by atoms with E-state index in [0.717, 1.165) is 5.39 Å². The molecule has 3 rings (SSSR count). The predicted molar refractivity (Wildman–Crippen MR) is 60.8 cm³/mol. The van der Waals surface area contributed by atoms with Gasteiger partial charge in [0, 0.05) is 12.3 Å². The number of fused-ring (bicyclic) bond motifs is 1. The Labute approximate surface area is 97.0 Å². The van der Waals surface area contributed by atoms with E-state index < -0.39 is 0 Å². The lowest BCUT2D eigenvalue weighted by Gasteiger charge is -1.98. The van der Waals surface area contributed by atoms with E-state index in [4.69, 9.17) is 13.6 Å². The minimum absolute atomic E-state index is 0.376. The fourth-order valence-electron chi connectivity index (χ4n) is 1.70. The fraction of sp³-hybridized carbons (Fsp3) is 0.167. The van der Waals surface area contributed by atoms with E-state index in [2.05, 4.69) is 10.2 Å². The average molecular weight is 230 g/mol. The number of nitrogens with zero attached hydrogens (tertiary/aromatic N) is 2. The van der Waals surface area contributed by atoms with Gasteiger partial charge in [0.05, 0.1) is 7.11 Å². The van der Waals surface area contributed by atoms with Crippen molar-refractivity contribution >= 4 is 11.0 Å². The van der Waals surface area contributed by atoms with Gasteiger partial charge in [-0.05, 0) is 12.1 Å². The van der Waals surface area contributed by atoms with Crippen molar-refractivity contribution in [2.24, 2.45) is 0 Å². The highest BCUT2D eigenvalue weighted by molar-refractivity contribution is 5.86. The Morgan fingerprint density at radius 3 is 2.76 bits per heavy atom. The van der Waals surface area contributed by atoms with Gasteiger partial charge in [-0.25, -0.2) is 0 Å². The van der Waals surface area contributed by atoms with Crippen molar-refractivity contribution in [1.29, 1.82) is 0 Å². The number of para-hydroxylation sites is 1. The van der Waals surface area contributed by atoms with Crippen LogP contribution in [0.3, 0.4) is 0 Å². The van der Waals surface area contributed by atoms with Crippen LogP contribution in [0, 0.1) is 6.92 Å². The maximum absolute atomic E-state index is 5.67. The second-order valence-corrected chi connectivity index (χ2v) is 3.62. The van der Waals surface area contributed by atoms with Crippen LogP contribution in [0.15, 0.2) is 33.1 Å². The molecule has 0 radical (unpaired) electrons. The summed E-state index contributed by atoms with van der Waals surface area (Å²) < 4.78 is 16.2. The van der Waals surface area contributed by atoms with Crippen molar-refractivity contribution in [3.63, 3.8) is 0 Å². The molecule has 0 saturated carbocycles. The number of hydrogen-bond acceptors (Lipinski definition) is 5. The van der Waals surface area contributed by atoms with Gasteiger partial charge in [0.2, 0.25) is 5.89 Å². The lowest BCUT2D eigenvalue weighted by molar-refractivity contribution is 0.410. The number of ether oxygens (including phenoxy) is 1. The normalized spacial score (nSPS) is 10.9. The van der Waals surface area contributed by atoms with Crippen molar-refractivity contribution in [2.75, 3.05) is 7.11 Å². The van der Waals surface area contributed by atoms with E-state index in [1.165, 1.54) is 0 Å². The summed E-state index contributed by atoms with van der Waals surface area (Å²) in [4.78, 5) is 0. The van der Waals surface area contributed by atoms with Crippen LogP contribution in [0.25, 0.3) is 22.6 Å². The first-order chi connectivity index (χ1) is 8.28. The zero-order chi connectivity index (χ0) is 11.8. The molecule has 2 heterocycles. The molecule has 86 valence electrons. The van der Waals surface area contributed by atoms with Crippen LogP contribution in [0.4, 0.5) is 0 Å². The summed E-state index contributed by atoms with van der Waals surface area (Å²) >= 11 is 0. The van der Waals surface area contributed by atoms with Crippen LogP contribution in [-0.2, 0) is 0 Å². The summed E-state index contributed by atoms with van der Waals surface area (Å²) in [5.41, 5.74) is 0.681. The van der Waals surface area contributed by atoms with Crippen molar-refractivity contribution < 1.29 is 13.6 Å². The summed E-state index contributed by atoms with van der Waals surface area (Å²) in [6.07, 6.45) is 0. The quantitative estimate of drug-likeness (QED) is 0.677. The maximum atomic E-state index is 5.67. The third-order valence-corrected chi connectivity index (χ3v) is 2.46. The highest BCUT2D eigenvalue weighted by Crippen LogP contribution is 2.32. The minimum Gasteiger partial charge on any atom is -0.493 e. The summed E-state index contributed by atoms with van der Waals surface area (Å²) in [6.45, 7) is 1.74. The molecule has 5 nitrogen and oxygen atoms in total. The molecule has 0 saturated heterocycles. The van der Waals surface area contributed by atoms with Gasteiger partial charge in [-0.3, -0.25) is 0 Å². The first-order valence-electron chi connectivity index (χ1n) is 5.15. The van der Waals surface area contributed by atoms with Crippen LogP contribution in [0.1, 0.15) is 5.89 Å². The molecule has 0 N–H and O–H groups in total. The van der Waals surface area contributed by atoms with E-state index in [1.807, 2.05) is 24.3 Å². The molecule has 0 fully saturated rings. The average Bonchev–Trinajstić information content (AvgIpc) is 2.93. The molecule has 17 heavy (non-hydrogen) atoms. The van der Waals surface area contributed by atoms with E-state index in [0.29, 0.717) is 28.9 Å². The van der Waals surface area contributed by atoms with Gasteiger partial charge < -0.3 is 13.6 Å². The summed E-state index contributed by atoms with van der Waals surface area (Å²) in [6, 6.07) is 7.53. The van der Waals surface area contributed by atoms with E-state index in [-0.39, 0.29) is 0 Å². The van der Waals surface area contributed by atoms with Gasteiger partial charge in [0.1, 0.15) is 0 Å². The lowest BCUT2D eigenvalue weighted by Crippen LogP contribution is -1.81. The SMILES string of the molecule is COc1cccc2cc(-c3nnc(C)o3)oc12. The first kappa shape index (κ1) is 9.89. The molecule has 5 heteroatoms. The van der Waals surface area contributed by atoms with Gasteiger partial charge in [-0.15, -0.1) is 10.2 Å². The van der Waals surface area contributed by atoms with E-state index in [1.54, 1.807) is 14.0 Å². The number of methoxy groups -OCH3 is 1. The molecule has 0 unspecified atom stereocenters. The Morgan fingerprint density at radius 2 is 2.06 bits per heavy atom. The molecular formula is C12H10N2O3. The molecule has 0 spiro atoms. The third kappa shape index (κ3) is 1.56. The topological polar surface area (TPSA) is 61.3 Å². The zero-order valence-corrected chi connectivity index (χ0v) is 9.43. The van der Waals surface area contributed by atoms with Gasteiger partial charge in [0.25, 0.3) is 5.89 Å². The fourth-order valence-corrected chi connectivity index (χ4v) is 1.70. The van der Waals surface area contributed by atoms with E-state index in [9.17, 15) is 0 Å². The Balaban J connectivity index is 2.19. The number of benzene rings is 1. The van der Waals surface area contributed by atoms with Gasteiger partial charge in [-0.2, -0.15) is 0 Å². The Morgan fingerprint density at radius 1 is 1.18 bits per heavy atom. The smallest absolute Gasteiger partial charge is 0.283 e. The summed E-state index contributed by atoms with van der Waals surface area (Å²) in [7, 11) is 1.60. The van der Waals surface area contributed by atoms with Crippen LogP contribution in [-0.4, -0.2) is 17.3 Å². The number of aromatic nitrogens is 2. The second-order valence-electron chi connectivity index (χ2n) is 3.62. The standard InChI is InChI=1S/C12H10N2O3/c1-7-13-14-12(16-7)10-6-8-4-3-5-9(15-2)11(8)17-10/h3-6H,1-2H3. The second kappa shape index (κ2) is 3.62. The highest BCUT2D eigenvalue weighted by atomic mass is 16.5. The molecule has 0 amide bonds. The predicted octanol–water partition coefficient (Wildman–Crippen LogP) is 2.80. The number of rotatable bonds is 2. The third-order valence-electron chi connectivity index (χ3n) is 2.46. The molecule has 0 aliphatic carbocycles. The van der Waals surface area contributed by atoms with Crippen LogP contribution in [0.5, 0.6) is 5.75 Å². The van der Waals surface area contributed by atoms with Gasteiger partial charge in [-0.1, -0.05) is 12.1 Å². The van der Waals surface area contributed by atoms with Crippen molar-refractivity contribution in [3.05, 3.63) is 30.2 Å². The van der Waals surface area contributed by atoms with Crippen molar-refractivity contribution in [3.8, 4) is 17.4 Å². The van der Waals surface area contributed by atoms with Crippen LogP contribution >= 0.6 is 0 Å². The Kier molecular flexibility index (Phi) is 2.11. The highest BCUT2D eigenvalue weighted by Gasteiger charge is 2.14. The monoisotopic (exact) mass is 230 g/mol. The largest absolute Gasteiger partial charge is 0.493 e. The van der Waals surface area contributed by atoms with Gasteiger partial charge >= 0.3 is 0 Å². The Hall–Kier alpha value is -2.30. The van der Waals surface area contributed by atoms with Crippen LogP contribution in [0.2, 0.25) is 0 Å². The van der Waals surface area contributed by atoms with E-state index >= 15 is 0 Å². The molecular weight excluding hydrogens is 220 g/mol. The molecule has 0 atom stereocenters. The van der Waals surface area contributed by atoms with Crippen molar-refractivity contribution in [2.45, 2.75) is 6.92 Å². The number of hydrogen-bond donors (Lipinski definition) is 0. The summed E-state index contributed by atoms with van der Waals surface area (Å²) in [5.74, 6) is 2.11. The summed E-state index contributed by atoms with van der Waals surface area (Å²) in [5, 5.41) is 8.62. The molecule has 0 aliphatic heterocycles. The molecule has 0 aliphatic rings. The number of furan rings is 1. The zero-order valence-electron chi connectivity index (χ0n) is 9.43. The molecule has 2 aromatic heterocycles. The van der Waals surface area contributed by atoms with Crippen molar-refractivity contribution in [1.82, 2.24) is 10.2 Å². The van der Waals surface area contributed by atoms with Gasteiger partial charge in [0.15, 0.2) is 17.1 Å². The number of aryl methyl sites for hydroxylation is 1. The first-order valence-corrected chi connectivity index (χ1v) is 5.15. The minimum atomic E-state index is 0.376. The lowest BCUT2D eigenvalue weighted by atomic mass is 10.2. The molecule has 1 aromatic carbocycles. The van der Waals surface area contributed by atoms with Crippen LogP contribution < -0.4 is 4.74 Å². The maximum Gasteiger partial charge on any atom is 0.283 e. The molecule has 3 aromatic rings. The Bertz CT molecular complexity index is 669.